The van der Waals surface area contributed by atoms with E-state index in [4.69, 9.17) is 14.8 Å². The number of hydrogen-bond acceptors (Lipinski definition) is 4. The van der Waals surface area contributed by atoms with Crippen LogP contribution in [0.15, 0.2) is 29.2 Å². The normalized spacial score (nSPS) is 12.0. The van der Waals surface area contributed by atoms with Crippen molar-refractivity contribution in [2.24, 2.45) is 5.92 Å². The molecule has 0 aliphatic rings. The number of carboxylic acids is 2. The SMILES string of the molecule is CCCC(CCC(=O)O)C(=O)O.Cc1ccc(S(=O)(=O)O)cc1. The van der Waals surface area contributed by atoms with E-state index in [0.29, 0.717) is 6.42 Å². The first-order valence-electron chi connectivity index (χ1n) is 7.06. The van der Waals surface area contributed by atoms with E-state index in [9.17, 15) is 18.0 Å². The highest BCUT2D eigenvalue weighted by Gasteiger charge is 2.16. The lowest BCUT2D eigenvalue weighted by Gasteiger charge is -2.08. The molecule has 0 spiro atoms. The van der Waals surface area contributed by atoms with E-state index >= 15 is 0 Å². The average Bonchev–Trinajstić information content (AvgIpc) is 2.43. The van der Waals surface area contributed by atoms with Crippen LogP contribution in [0.3, 0.4) is 0 Å². The summed E-state index contributed by atoms with van der Waals surface area (Å²) in [6.45, 7) is 3.73. The minimum Gasteiger partial charge on any atom is -0.481 e. The zero-order valence-electron chi connectivity index (χ0n) is 13.1. The summed E-state index contributed by atoms with van der Waals surface area (Å²) >= 11 is 0. The molecule has 0 bridgehead atoms. The van der Waals surface area contributed by atoms with Crippen molar-refractivity contribution in [2.75, 3.05) is 0 Å². The zero-order valence-corrected chi connectivity index (χ0v) is 13.9. The Kier molecular flexibility index (Phi) is 9.12. The van der Waals surface area contributed by atoms with Crippen LogP contribution in [0, 0.1) is 12.8 Å². The van der Waals surface area contributed by atoms with Crippen molar-refractivity contribution in [1.82, 2.24) is 0 Å². The molecular formula is C15H22O7S. The topological polar surface area (TPSA) is 129 Å². The van der Waals surface area contributed by atoms with E-state index in [-0.39, 0.29) is 17.7 Å². The van der Waals surface area contributed by atoms with Gasteiger partial charge >= 0.3 is 11.9 Å². The first kappa shape index (κ1) is 21.1. The molecule has 0 heterocycles. The van der Waals surface area contributed by atoms with Gasteiger partial charge in [-0.15, -0.1) is 0 Å². The average molecular weight is 346 g/mol. The molecule has 7 nitrogen and oxygen atoms in total. The van der Waals surface area contributed by atoms with Gasteiger partial charge in [-0.05, 0) is 31.9 Å². The van der Waals surface area contributed by atoms with Crippen LogP contribution >= 0.6 is 0 Å². The molecule has 130 valence electrons. The molecule has 1 unspecified atom stereocenters. The molecule has 0 aliphatic carbocycles. The van der Waals surface area contributed by atoms with Crippen molar-refractivity contribution in [1.29, 1.82) is 0 Å². The van der Waals surface area contributed by atoms with Crippen LogP contribution in [0.5, 0.6) is 0 Å². The summed E-state index contributed by atoms with van der Waals surface area (Å²) in [7, 11) is -4.02. The van der Waals surface area contributed by atoms with Gasteiger partial charge < -0.3 is 10.2 Å². The Balaban J connectivity index is 0.000000422. The number of hydrogen-bond donors (Lipinski definition) is 3. The predicted molar refractivity (Wildman–Crippen MR) is 83.9 cm³/mol. The molecule has 0 radical (unpaired) electrons. The molecule has 0 amide bonds. The van der Waals surface area contributed by atoms with Gasteiger partial charge in [0, 0.05) is 6.42 Å². The lowest BCUT2D eigenvalue weighted by atomic mass is 9.98. The summed E-state index contributed by atoms with van der Waals surface area (Å²) in [4.78, 5) is 20.6. The third kappa shape index (κ3) is 9.64. The van der Waals surface area contributed by atoms with E-state index in [2.05, 4.69) is 0 Å². The number of aliphatic carboxylic acids is 2. The van der Waals surface area contributed by atoms with Crippen LogP contribution in [0.1, 0.15) is 38.2 Å². The van der Waals surface area contributed by atoms with Gasteiger partial charge in [0.2, 0.25) is 0 Å². The summed E-state index contributed by atoms with van der Waals surface area (Å²) in [5.74, 6) is -2.32. The minimum atomic E-state index is -4.02. The molecule has 8 heteroatoms. The Morgan fingerprint density at radius 3 is 1.96 bits per heavy atom. The maximum atomic E-state index is 10.5. The van der Waals surface area contributed by atoms with E-state index in [0.717, 1.165) is 12.0 Å². The monoisotopic (exact) mass is 346 g/mol. The molecule has 23 heavy (non-hydrogen) atoms. The summed E-state index contributed by atoms with van der Waals surface area (Å²) < 4.78 is 29.6. The smallest absolute Gasteiger partial charge is 0.306 e. The third-order valence-electron chi connectivity index (χ3n) is 3.01. The Morgan fingerprint density at radius 2 is 1.61 bits per heavy atom. The molecule has 1 rings (SSSR count). The van der Waals surface area contributed by atoms with E-state index in [1.165, 1.54) is 12.1 Å². The summed E-state index contributed by atoms with van der Waals surface area (Å²) in [6.07, 6.45) is 1.51. The highest BCUT2D eigenvalue weighted by molar-refractivity contribution is 7.85. The maximum absolute atomic E-state index is 10.5. The number of benzene rings is 1. The largest absolute Gasteiger partial charge is 0.481 e. The predicted octanol–water partition coefficient (Wildman–Crippen LogP) is 2.59. The standard InChI is InChI=1S/C8H14O4.C7H8O3S/c1-2-3-6(8(11)12)4-5-7(9)10;1-6-2-4-7(5-3-6)11(8,9)10/h6H,2-5H2,1H3,(H,9,10)(H,11,12);2-5H,1H3,(H,8,9,10). The van der Waals surface area contributed by atoms with E-state index in [1.807, 2.05) is 13.8 Å². The van der Waals surface area contributed by atoms with Crippen LogP contribution in [-0.2, 0) is 19.7 Å². The quantitative estimate of drug-likeness (QED) is 0.647. The van der Waals surface area contributed by atoms with Gasteiger partial charge in [-0.2, -0.15) is 8.42 Å². The second-order valence-corrected chi connectivity index (χ2v) is 6.47. The summed E-state index contributed by atoms with van der Waals surface area (Å²) in [5, 5.41) is 16.9. The summed E-state index contributed by atoms with van der Waals surface area (Å²) in [5.41, 5.74) is 0.956. The number of aryl methyl sites for hydroxylation is 1. The third-order valence-corrected chi connectivity index (χ3v) is 3.88. The van der Waals surface area contributed by atoms with Crippen molar-refractivity contribution in [3.05, 3.63) is 29.8 Å². The Hall–Kier alpha value is -1.93. The first-order chi connectivity index (χ1) is 10.6. The number of carboxylic acid groups (broad SMARTS) is 2. The van der Waals surface area contributed by atoms with E-state index < -0.39 is 28.0 Å². The van der Waals surface area contributed by atoms with Gasteiger partial charge in [-0.25, -0.2) is 0 Å². The molecule has 0 saturated heterocycles. The fourth-order valence-electron chi connectivity index (χ4n) is 1.75. The van der Waals surface area contributed by atoms with Crippen molar-refractivity contribution < 1.29 is 32.8 Å². The Bertz CT molecular complexity index is 605. The van der Waals surface area contributed by atoms with Gasteiger partial charge in [0.1, 0.15) is 0 Å². The molecule has 0 fully saturated rings. The lowest BCUT2D eigenvalue weighted by molar-refractivity contribution is -0.143. The number of carbonyl (C=O) groups is 2. The van der Waals surface area contributed by atoms with Crippen molar-refractivity contribution in [3.8, 4) is 0 Å². The molecule has 0 aliphatic heterocycles. The van der Waals surface area contributed by atoms with E-state index in [1.54, 1.807) is 12.1 Å². The molecule has 1 atom stereocenters. The second kappa shape index (κ2) is 9.96. The van der Waals surface area contributed by atoms with Gasteiger partial charge in [0.15, 0.2) is 0 Å². The van der Waals surface area contributed by atoms with Gasteiger partial charge in [0.05, 0.1) is 10.8 Å². The van der Waals surface area contributed by atoms with Crippen LogP contribution in [0.4, 0.5) is 0 Å². The molecule has 0 saturated carbocycles. The zero-order chi connectivity index (χ0) is 18.0. The maximum Gasteiger partial charge on any atom is 0.306 e. The Morgan fingerprint density at radius 1 is 1.09 bits per heavy atom. The van der Waals surface area contributed by atoms with Crippen LogP contribution in [-0.4, -0.2) is 35.1 Å². The lowest BCUT2D eigenvalue weighted by Crippen LogP contribution is -2.14. The highest BCUT2D eigenvalue weighted by atomic mass is 32.2. The molecule has 1 aromatic rings. The molecule has 0 aromatic heterocycles. The van der Waals surface area contributed by atoms with Gasteiger partial charge in [-0.3, -0.25) is 14.1 Å². The Labute approximate surface area is 135 Å². The van der Waals surface area contributed by atoms with Crippen LogP contribution in [0.2, 0.25) is 0 Å². The molecule has 1 aromatic carbocycles. The van der Waals surface area contributed by atoms with Crippen LogP contribution in [0.25, 0.3) is 0 Å². The first-order valence-corrected chi connectivity index (χ1v) is 8.50. The fraction of sp³-hybridized carbons (Fsp3) is 0.467. The minimum absolute atomic E-state index is 0.0586. The van der Waals surface area contributed by atoms with Crippen molar-refractivity contribution in [2.45, 2.75) is 44.4 Å². The van der Waals surface area contributed by atoms with Crippen molar-refractivity contribution in [3.63, 3.8) is 0 Å². The molecular weight excluding hydrogens is 324 g/mol. The highest BCUT2D eigenvalue weighted by Crippen LogP contribution is 2.13. The van der Waals surface area contributed by atoms with Gasteiger partial charge in [0.25, 0.3) is 10.1 Å². The van der Waals surface area contributed by atoms with Gasteiger partial charge in [-0.1, -0.05) is 31.0 Å². The van der Waals surface area contributed by atoms with Crippen LogP contribution < -0.4 is 0 Å². The second-order valence-electron chi connectivity index (χ2n) is 5.04. The molecule has 3 N–H and O–H groups in total. The fourth-order valence-corrected chi connectivity index (χ4v) is 2.23. The number of rotatable bonds is 7. The van der Waals surface area contributed by atoms with Crippen molar-refractivity contribution >= 4 is 22.1 Å². The summed E-state index contributed by atoms with van der Waals surface area (Å²) in [6, 6.07) is 5.99.